The lowest BCUT2D eigenvalue weighted by Gasteiger charge is -2.10. The zero-order valence-corrected chi connectivity index (χ0v) is 13.6. The second kappa shape index (κ2) is 6.81. The fourth-order valence-electron chi connectivity index (χ4n) is 2.48. The molecule has 1 aliphatic carbocycles. The molecule has 122 valence electrons. The van der Waals surface area contributed by atoms with Crippen molar-refractivity contribution in [3.8, 4) is 5.75 Å². The highest BCUT2D eigenvalue weighted by molar-refractivity contribution is 5.93. The molecule has 0 unspecified atom stereocenters. The smallest absolute Gasteiger partial charge is 0.274 e. The lowest BCUT2D eigenvalue weighted by atomic mass is 10.1. The van der Waals surface area contributed by atoms with Gasteiger partial charge in [-0.3, -0.25) is 4.79 Å². The zero-order chi connectivity index (χ0) is 16.2. The highest BCUT2D eigenvalue weighted by Crippen LogP contribution is 2.39. The van der Waals surface area contributed by atoms with Crippen LogP contribution < -0.4 is 10.1 Å². The number of amides is 1. The van der Waals surface area contributed by atoms with Gasteiger partial charge in [0.05, 0.1) is 12.3 Å². The van der Waals surface area contributed by atoms with Crippen LogP contribution in [-0.4, -0.2) is 27.9 Å². The van der Waals surface area contributed by atoms with Crippen molar-refractivity contribution < 1.29 is 9.53 Å². The third-order valence-corrected chi connectivity index (χ3v) is 3.98. The Balaban J connectivity index is 1.61. The van der Waals surface area contributed by atoms with E-state index in [0.29, 0.717) is 24.8 Å². The van der Waals surface area contributed by atoms with Gasteiger partial charge < -0.3 is 10.1 Å². The van der Waals surface area contributed by atoms with E-state index in [1.165, 1.54) is 0 Å². The number of hydrogen-bond donors (Lipinski definition) is 2. The number of hydrogen-bond acceptors (Lipinski definition) is 4. The van der Waals surface area contributed by atoms with Crippen LogP contribution in [0.15, 0.2) is 18.2 Å². The number of nitrogens with one attached hydrogen (secondary N) is 2. The summed E-state index contributed by atoms with van der Waals surface area (Å²) in [6.07, 6.45) is 3.16. The quantitative estimate of drug-likeness (QED) is 0.823. The summed E-state index contributed by atoms with van der Waals surface area (Å²) in [7, 11) is 0. The van der Waals surface area contributed by atoms with Gasteiger partial charge in [-0.15, -0.1) is 0 Å². The molecule has 0 aliphatic heterocycles. The maximum atomic E-state index is 12.3. The van der Waals surface area contributed by atoms with Crippen molar-refractivity contribution in [3.63, 3.8) is 0 Å². The maximum Gasteiger partial charge on any atom is 0.274 e. The van der Waals surface area contributed by atoms with E-state index in [9.17, 15) is 4.79 Å². The van der Waals surface area contributed by atoms with Gasteiger partial charge in [-0.1, -0.05) is 13.0 Å². The van der Waals surface area contributed by atoms with Crippen LogP contribution in [0.2, 0.25) is 0 Å². The molecule has 2 aromatic rings. The minimum atomic E-state index is -0.175. The van der Waals surface area contributed by atoms with Gasteiger partial charge in [-0.2, -0.15) is 15.4 Å². The van der Waals surface area contributed by atoms with E-state index in [-0.39, 0.29) is 5.91 Å². The summed E-state index contributed by atoms with van der Waals surface area (Å²) in [5, 5.41) is 13.6. The average Bonchev–Trinajstić information content (AvgIpc) is 3.28. The number of rotatable bonds is 7. The highest BCUT2D eigenvalue weighted by atomic mass is 16.5. The van der Waals surface area contributed by atoms with Gasteiger partial charge in [0.15, 0.2) is 5.69 Å². The standard InChI is InChI=1S/C17H22N4O2/c1-3-8-23-14-7-6-13(11(2)9-14)10-18-17(22)16-15(12-4-5-12)19-21-20-16/h6-7,9,12H,3-5,8,10H2,1-2H3,(H,18,22)(H,19,20,21). The molecule has 6 nitrogen and oxygen atoms in total. The van der Waals surface area contributed by atoms with E-state index in [0.717, 1.165) is 41.8 Å². The molecule has 0 saturated heterocycles. The lowest BCUT2D eigenvalue weighted by Crippen LogP contribution is -2.24. The Hall–Kier alpha value is -2.37. The summed E-state index contributed by atoms with van der Waals surface area (Å²) in [6.45, 7) is 5.28. The predicted octanol–water partition coefficient (Wildman–Crippen LogP) is 2.71. The maximum absolute atomic E-state index is 12.3. The number of aromatic nitrogens is 3. The van der Waals surface area contributed by atoms with E-state index in [1.807, 2.05) is 25.1 Å². The molecule has 0 atom stereocenters. The molecule has 0 spiro atoms. The molecule has 1 aromatic carbocycles. The summed E-state index contributed by atoms with van der Waals surface area (Å²) in [6, 6.07) is 5.93. The Morgan fingerprint density at radius 3 is 2.91 bits per heavy atom. The third-order valence-electron chi connectivity index (χ3n) is 3.98. The van der Waals surface area contributed by atoms with Crippen molar-refractivity contribution in [1.29, 1.82) is 0 Å². The average molecular weight is 314 g/mol. The molecule has 1 saturated carbocycles. The van der Waals surface area contributed by atoms with Crippen molar-refractivity contribution >= 4 is 5.91 Å². The van der Waals surface area contributed by atoms with Crippen LogP contribution in [-0.2, 0) is 6.54 Å². The summed E-state index contributed by atoms with van der Waals surface area (Å²) in [5.41, 5.74) is 3.38. The SMILES string of the molecule is CCCOc1ccc(CNC(=O)c2n[nH]nc2C2CC2)c(C)c1. The number of aryl methyl sites for hydroxylation is 1. The van der Waals surface area contributed by atoms with Gasteiger partial charge in [0.2, 0.25) is 0 Å². The monoisotopic (exact) mass is 314 g/mol. The normalized spacial score (nSPS) is 13.8. The Morgan fingerprint density at radius 1 is 1.39 bits per heavy atom. The number of carbonyl (C=O) groups excluding carboxylic acids is 1. The van der Waals surface area contributed by atoms with E-state index in [4.69, 9.17) is 4.74 Å². The Bertz CT molecular complexity index is 692. The van der Waals surface area contributed by atoms with Gasteiger partial charge in [0, 0.05) is 12.5 Å². The van der Waals surface area contributed by atoms with E-state index >= 15 is 0 Å². The second-order valence-corrected chi connectivity index (χ2v) is 5.95. The minimum Gasteiger partial charge on any atom is -0.494 e. The fraction of sp³-hybridized carbons (Fsp3) is 0.471. The Morgan fingerprint density at radius 2 is 2.22 bits per heavy atom. The van der Waals surface area contributed by atoms with Crippen LogP contribution in [0.1, 0.15) is 59.4 Å². The first kappa shape index (κ1) is 15.5. The number of ether oxygens (including phenoxy) is 1. The predicted molar refractivity (Wildman–Crippen MR) is 86.5 cm³/mol. The summed E-state index contributed by atoms with van der Waals surface area (Å²) >= 11 is 0. The van der Waals surface area contributed by atoms with Crippen molar-refractivity contribution in [1.82, 2.24) is 20.7 Å². The Kier molecular flexibility index (Phi) is 4.60. The van der Waals surface area contributed by atoms with Crippen molar-refractivity contribution in [3.05, 3.63) is 40.7 Å². The summed E-state index contributed by atoms with van der Waals surface area (Å²) in [4.78, 5) is 12.3. The summed E-state index contributed by atoms with van der Waals surface area (Å²) < 4.78 is 5.61. The van der Waals surface area contributed by atoms with Crippen LogP contribution in [0, 0.1) is 6.92 Å². The first-order valence-electron chi connectivity index (χ1n) is 8.10. The van der Waals surface area contributed by atoms with Crippen molar-refractivity contribution in [2.45, 2.75) is 45.6 Å². The first-order chi connectivity index (χ1) is 11.2. The number of H-pyrrole nitrogens is 1. The highest BCUT2D eigenvalue weighted by Gasteiger charge is 2.31. The topological polar surface area (TPSA) is 79.9 Å². The second-order valence-electron chi connectivity index (χ2n) is 5.95. The number of aromatic amines is 1. The van der Waals surface area contributed by atoms with E-state index in [1.54, 1.807) is 0 Å². The fourth-order valence-corrected chi connectivity index (χ4v) is 2.48. The molecular weight excluding hydrogens is 292 g/mol. The van der Waals surface area contributed by atoms with Gasteiger partial charge in [0.25, 0.3) is 5.91 Å². The van der Waals surface area contributed by atoms with Crippen LogP contribution in [0.3, 0.4) is 0 Å². The third kappa shape index (κ3) is 3.70. The van der Waals surface area contributed by atoms with Gasteiger partial charge >= 0.3 is 0 Å². The molecule has 23 heavy (non-hydrogen) atoms. The van der Waals surface area contributed by atoms with Crippen LogP contribution in [0.25, 0.3) is 0 Å². The number of carbonyl (C=O) groups is 1. The van der Waals surface area contributed by atoms with Crippen LogP contribution in [0.5, 0.6) is 5.75 Å². The number of benzene rings is 1. The molecule has 1 aliphatic rings. The van der Waals surface area contributed by atoms with E-state index < -0.39 is 0 Å². The van der Waals surface area contributed by atoms with Gasteiger partial charge in [-0.05, 0) is 49.4 Å². The molecule has 3 rings (SSSR count). The molecule has 2 N–H and O–H groups in total. The lowest BCUT2D eigenvalue weighted by molar-refractivity contribution is 0.0945. The molecule has 1 fully saturated rings. The zero-order valence-electron chi connectivity index (χ0n) is 13.6. The minimum absolute atomic E-state index is 0.175. The number of nitrogens with zero attached hydrogens (tertiary/aromatic N) is 2. The molecule has 0 radical (unpaired) electrons. The Labute approximate surface area is 135 Å². The molecule has 1 aromatic heterocycles. The molecule has 0 bridgehead atoms. The molecule has 1 amide bonds. The molecule has 6 heteroatoms. The van der Waals surface area contributed by atoms with Crippen molar-refractivity contribution in [2.24, 2.45) is 0 Å². The van der Waals surface area contributed by atoms with Gasteiger partial charge in [0.1, 0.15) is 5.75 Å². The molecule has 1 heterocycles. The van der Waals surface area contributed by atoms with Crippen molar-refractivity contribution in [2.75, 3.05) is 6.61 Å². The van der Waals surface area contributed by atoms with E-state index in [2.05, 4.69) is 27.7 Å². The largest absolute Gasteiger partial charge is 0.494 e. The van der Waals surface area contributed by atoms with Crippen LogP contribution >= 0.6 is 0 Å². The molecular formula is C17H22N4O2. The first-order valence-corrected chi connectivity index (χ1v) is 8.10. The van der Waals surface area contributed by atoms with Gasteiger partial charge in [-0.25, -0.2) is 0 Å². The summed E-state index contributed by atoms with van der Waals surface area (Å²) in [5.74, 6) is 1.09. The van der Waals surface area contributed by atoms with Crippen LogP contribution in [0.4, 0.5) is 0 Å².